The number of rotatable bonds is 4. The Morgan fingerprint density at radius 3 is 2.81 bits per heavy atom. The van der Waals surface area contributed by atoms with Crippen LogP contribution in [-0.4, -0.2) is 26.8 Å². The fourth-order valence-electron chi connectivity index (χ4n) is 1.69. The fourth-order valence-corrected chi connectivity index (χ4v) is 1.87. The van der Waals surface area contributed by atoms with Crippen molar-refractivity contribution in [3.05, 3.63) is 35.0 Å². The molecular weight excluding hydrogens is 294 g/mol. The minimum Gasteiger partial charge on any atom is -0.324 e. The first-order valence-electron chi connectivity index (χ1n) is 6.18. The second-order valence-electron chi connectivity index (χ2n) is 4.44. The van der Waals surface area contributed by atoms with Gasteiger partial charge in [0.1, 0.15) is 6.54 Å². The molecule has 0 aliphatic heterocycles. The second kappa shape index (κ2) is 6.36. The number of anilines is 2. The Balaban J connectivity index is 2.00. The molecule has 0 radical (unpaired) electrons. The highest BCUT2D eigenvalue weighted by atomic mass is 35.5. The minimum absolute atomic E-state index is 0.0153. The third kappa shape index (κ3) is 4.03. The summed E-state index contributed by atoms with van der Waals surface area (Å²) in [6.45, 7) is 3.18. The van der Waals surface area contributed by atoms with Crippen LogP contribution in [0.25, 0.3) is 0 Å². The third-order valence-electron chi connectivity index (χ3n) is 2.69. The van der Waals surface area contributed by atoms with Crippen molar-refractivity contribution in [3.8, 4) is 0 Å². The molecule has 0 aliphatic rings. The minimum atomic E-state index is -0.264. The molecule has 0 saturated carbocycles. The number of hydrogen-bond acceptors (Lipinski definition) is 4. The Morgan fingerprint density at radius 1 is 1.33 bits per heavy atom. The topological polar surface area (TPSA) is 88.9 Å². The van der Waals surface area contributed by atoms with Crippen molar-refractivity contribution in [1.82, 2.24) is 15.0 Å². The van der Waals surface area contributed by atoms with E-state index in [0.29, 0.717) is 16.5 Å². The normalized spacial score (nSPS) is 10.2. The van der Waals surface area contributed by atoms with Crippen LogP contribution in [0.2, 0.25) is 5.02 Å². The van der Waals surface area contributed by atoms with E-state index in [2.05, 4.69) is 20.9 Å². The van der Waals surface area contributed by atoms with Crippen LogP contribution in [0.3, 0.4) is 0 Å². The van der Waals surface area contributed by atoms with Crippen LogP contribution in [0.1, 0.15) is 12.5 Å². The van der Waals surface area contributed by atoms with Crippen molar-refractivity contribution in [2.24, 2.45) is 0 Å². The van der Waals surface area contributed by atoms with Crippen molar-refractivity contribution in [2.45, 2.75) is 20.4 Å². The smallest absolute Gasteiger partial charge is 0.246 e. The summed E-state index contributed by atoms with van der Waals surface area (Å²) in [4.78, 5) is 22.8. The summed E-state index contributed by atoms with van der Waals surface area (Å²) >= 11 is 5.99. The highest BCUT2D eigenvalue weighted by Gasteiger charge is 2.09. The van der Waals surface area contributed by atoms with Crippen molar-refractivity contribution in [3.63, 3.8) is 0 Å². The zero-order valence-corrected chi connectivity index (χ0v) is 12.3. The van der Waals surface area contributed by atoms with E-state index in [1.54, 1.807) is 18.2 Å². The average Bonchev–Trinajstić information content (AvgIpc) is 2.81. The van der Waals surface area contributed by atoms with E-state index in [9.17, 15) is 9.59 Å². The summed E-state index contributed by atoms with van der Waals surface area (Å²) in [7, 11) is 0. The molecule has 0 aliphatic carbocycles. The summed E-state index contributed by atoms with van der Waals surface area (Å²) in [5.74, 6) is -0.213. The second-order valence-corrected chi connectivity index (χ2v) is 4.85. The molecule has 0 atom stereocenters. The number of carbonyl (C=O) groups excluding carboxylic acids is 2. The Labute approximate surface area is 126 Å². The molecule has 7 nitrogen and oxygen atoms in total. The van der Waals surface area contributed by atoms with Crippen LogP contribution < -0.4 is 10.6 Å². The van der Waals surface area contributed by atoms with E-state index < -0.39 is 0 Å². The first-order chi connectivity index (χ1) is 9.95. The first-order valence-corrected chi connectivity index (χ1v) is 6.56. The lowest BCUT2D eigenvalue weighted by Gasteiger charge is -2.09. The zero-order valence-electron chi connectivity index (χ0n) is 11.6. The summed E-state index contributed by atoms with van der Waals surface area (Å²) in [6.07, 6.45) is 1.48. The van der Waals surface area contributed by atoms with Crippen LogP contribution in [0.15, 0.2) is 24.4 Å². The molecule has 2 N–H and O–H groups in total. The van der Waals surface area contributed by atoms with Gasteiger partial charge in [-0.1, -0.05) is 22.9 Å². The number of amides is 2. The lowest BCUT2D eigenvalue weighted by molar-refractivity contribution is -0.117. The number of carbonyl (C=O) groups is 2. The van der Waals surface area contributed by atoms with Gasteiger partial charge in [0.25, 0.3) is 0 Å². The van der Waals surface area contributed by atoms with Crippen molar-refractivity contribution >= 4 is 34.9 Å². The number of hydrogen-bond donors (Lipinski definition) is 2. The molecule has 21 heavy (non-hydrogen) atoms. The maximum Gasteiger partial charge on any atom is 0.246 e. The molecule has 1 aromatic carbocycles. The van der Waals surface area contributed by atoms with Crippen LogP contribution in [0, 0.1) is 6.92 Å². The number of halogens is 1. The molecule has 0 spiro atoms. The molecular formula is C13H14ClN5O2. The molecule has 1 heterocycles. The number of nitrogens with one attached hydrogen (secondary N) is 2. The standard InChI is InChI=1S/C13H14ClN5O2/c1-8-10(14)4-3-5-11(8)16-13(21)7-19-6-12(17-18-19)15-9(2)20/h3-6H,7H2,1-2H3,(H,15,20)(H,16,21). The van der Waals surface area contributed by atoms with E-state index in [1.165, 1.54) is 17.8 Å². The average molecular weight is 308 g/mol. The molecule has 2 amide bonds. The first kappa shape index (κ1) is 15.0. The SMILES string of the molecule is CC(=O)Nc1cn(CC(=O)Nc2cccc(Cl)c2C)nn1. The maximum absolute atomic E-state index is 11.9. The molecule has 0 bridgehead atoms. The largest absolute Gasteiger partial charge is 0.324 e. The van der Waals surface area contributed by atoms with E-state index in [0.717, 1.165) is 5.56 Å². The van der Waals surface area contributed by atoms with Crippen LogP contribution >= 0.6 is 11.6 Å². The van der Waals surface area contributed by atoms with Gasteiger partial charge in [0.15, 0.2) is 5.82 Å². The van der Waals surface area contributed by atoms with Gasteiger partial charge in [-0.2, -0.15) is 0 Å². The molecule has 8 heteroatoms. The van der Waals surface area contributed by atoms with Gasteiger partial charge in [0, 0.05) is 17.6 Å². The third-order valence-corrected chi connectivity index (χ3v) is 3.10. The van der Waals surface area contributed by atoms with E-state index in [-0.39, 0.29) is 18.4 Å². The quantitative estimate of drug-likeness (QED) is 0.902. The maximum atomic E-state index is 11.9. The van der Waals surface area contributed by atoms with E-state index >= 15 is 0 Å². The number of benzene rings is 1. The van der Waals surface area contributed by atoms with Crippen molar-refractivity contribution < 1.29 is 9.59 Å². The highest BCUT2D eigenvalue weighted by molar-refractivity contribution is 6.31. The van der Waals surface area contributed by atoms with Crippen LogP contribution in [-0.2, 0) is 16.1 Å². The molecule has 0 saturated heterocycles. The Morgan fingerprint density at radius 2 is 2.10 bits per heavy atom. The molecule has 110 valence electrons. The molecule has 2 aromatic rings. The Hall–Kier alpha value is -2.41. The molecule has 1 aromatic heterocycles. The molecule has 0 fully saturated rings. The monoisotopic (exact) mass is 307 g/mol. The fraction of sp³-hybridized carbons (Fsp3) is 0.231. The summed E-state index contributed by atoms with van der Waals surface area (Å²) in [5, 5.41) is 13.3. The van der Waals surface area contributed by atoms with Gasteiger partial charge >= 0.3 is 0 Å². The van der Waals surface area contributed by atoms with E-state index in [4.69, 9.17) is 11.6 Å². The Bertz CT molecular complexity index is 683. The van der Waals surface area contributed by atoms with Gasteiger partial charge in [-0.25, -0.2) is 4.68 Å². The zero-order chi connectivity index (χ0) is 15.4. The summed E-state index contributed by atoms with van der Waals surface area (Å²) in [6, 6.07) is 5.28. The van der Waals surface area contributed by atoms with Crippen LogP contribution in [0.4, 0.5) is 11.5 Å². The lowest BCUT2D eigenvalue weighted by atomic mass is 10.2. The lowest BCUT2D eigenvalue weighted by Crippen LogP contribution is -2.19. The van der Waals surface area contributed by atoms with Gasteiger partial charge in [0.05, 0.1) is 6.20 Å². The molecule has 2 rings (SSSR count). The van der Waals surface area contributed by atoms with Gasteiger partial charge < -0.3 is 10.6 Å². The van der Waals surface area contributed by atoms with Gasteiger partial charge in [-0.15, -0.1) is 5.10 Å². The molecule has 0 unspecified atom stereocenters. The van der Waals surface area contributed by atoms with Gasteiger partial charge in [-0.05, 0) is 24.6 Å². The summed E-state index contributed by atoms with van der Waals surface area (Å²) in [5.41, 5.74) is 1.44. The van der Waals surface area contributed by atoms with Gasteiger partial charge in [-0.3, -0.25) is 9.59 Å². The van der Waals surface area contributed by atoms with Gasteiger partial charge in [0.2, 0.25) is 11.8 Å². The highest BCUT2D eigenvalue weighted by Crippen LogP contribution is 2.22. The van der Waals surface area contributed by atoms with E-state index in [1.807, 2.05) is 6.92 Å². The number of aromatic nitrogens is 3. The van der Waals surface area contributed by atoms with Crippen LogP contribution in [0.5, 0.6) is 0 Å². The van der Waals surface area contributed by atoms with Crippen molar-refractivity contribution in [2.75, 3.05) is 10.6 Å². The summed E-state index contributed by atoms with van der Waals surface area (Å²) < 4.78 is 1.33. The predicted molar refractivity (Wildman–Crippen MR) is 79.1 cm³/mol. The predicted octanol–water partition coefficient (Wildman–Crippen LogP) is 1.84. The Kier molecular flexibility index (Phi) is 4.54. The number of nitrogens with zero attached hydrogens (tertiary/aromatic N) is 3. The van der Waals surface area contributed by atoms with Crippen molar-refractivity contribution in [1.29, 1.82) is 0 Å².